The van der Waals surface area contributed by atoms with E-state index in [2.05, 4.69) is 11.3 Å². The average molecular weight is 215 g/mol. The zero-order valence-corrected chi connectivity index (χ0v) is 9.41. The van der Waals surface area contributed by atoms with E-state index in [9.17, 15) is 5.11 Å². The maximum atomic E-state index is 10.3. The molecule has 4 heteroatoms. The van der Waals surface area contributed by atoms with Gasteiger partial charge in [-0.15, -0.1) is 0 Å². The molecule has 0 aliphatic carbocycles. The predicted molar refractivity (Wildman–Crippen MR) is 57.3 cm³/mol. The third kappa shape index (κ3) is 1.75. The van der Waals surface area contributed by atoms with Gasteiger partial charge >= 0.3 is 0 Å². The molecule has 1 saturated heterocycles. The number of aryl methyl sites for hydroxylation is 1. The highest BCUT2D eigenvalue weighted by Gasteiger charge is 2.38. The van der Waals surface area contributed by atoms with Gasteiger partial charge in [-0.25, -0.2) is 0 Å². The van der Waals surface area contributed by atoms with E-state index in [0.29, 0.717) is 5.25 Å². The third-order valence-electron chi connectivity index (χ3n) is 2.32. The standard InChI is InChI=1S/C9H13NOS2/c1-6-3-8(13-10-6)9(11)4-7(2)12-5-9/h3,7,11H,4-5H2,1-2H3. The molecule has 1 aromatic rings. The fourth-order valence-electron chi connectivity index (χ4n) is 1.63. The molecule has 1 aliphatic heterocycles. The lowest BCUT2D eigenvalue weighted by Crippen LogP contribution is -2.23. The summed E-state index contributed by atoms with van der Waals surface area (Å²) >= 11 is 3.27. The molecule has 1 aliphatic rings. The molecule has 0 saturated carbocycles. The highest BCUT2D eigenvalue weighted by Crippen LogP contribution is 2.42. The van der Waals surface area contributed by atoms with Crippen molar-refractivity contribution in [2.75, 3.05) is 5.75 Å². The summed E-state index contributed by atoms with van der Waals surface area (Å²) in [6, 6.07) is 2.00. The van der Waals surface area contributed by atoms with Crippen molar-refractivity contribution >= 4 is 23.3 Å². The van der Waals surface area contributed by atoms with Crippen LogP contribution >= 0.6 is 23.3 Å². The molecule has 2 nitrogen and oxygen atoms in total. The van der Waals surface area contributed by atoms with Gasteiger partial charge in [-0.1, -0.05) is 6.92 Å². The Kier molecular flexibility index (Phi) is 2.38. The summed E-state index contributed by atoms with van der Waals surface area (Å²) in [5, 5.41) is 10.9. The van der Waals surface area contributed by atoms with Crippen LogP contribution in [0.5, 0.6) is 0 Å². The largest absolute Gasteiger partial charge is 0.383 e. The fraction of sp³-hybridized carbons (Fsp3) is 0.667. The van der Waals surface area contributed by atoms with Crippen LogP contribution in [0.25, 0.3) is 0 Å². The van der Waals surface area contributed by atoms with Gasteiger partial charge in [0.05, 0.1) is 10.6 Å². The number of hydrogen-bond donors (Lipinski definition) is 1. The van der Waals surface area contributed by atoms with Crippen molar-refractivity contribution in [3.8, 4) is 0 Å². The highest BCUT2D eigenvalue weighted by molar-refractivity contribution is 8.00. The second-order valence-corrected chi connectivity index (χ2v) is 5.92. The molecule has 13 heavy (non-hydrogen) atoms. The highest BCUT2D eigenvalue weighted by atomic mass is 32.2. The third-order valence-corrected chi connectivity index (χ3v) is 4.77. The van der Waals surface area contributed by atoms with E-state index in [0.717, 1.165) is 22.7 Å². The quantitative estimate of drug-likeness (QED) is 0.779. The lowest BCUT2D eigenvalue weighted by molar-refractivity contribution is 0.0650. The van der Waals surface area contributed by atoms with Crippen LogP contribution in [0.1, 0.15) is 23.9 Å². The molecular weight excluding hydrogens is 202 g/mol. The van der Waals surface area contributed by atoms with E-state index in [4.69, 9.17) is 0 Å². The first-order valence-corrected chi connectivity index (χ1v) is 6.20. The van der Waals surface area contributed by atoms with Crippen LogP contribution in [0, 0.1) is 6.92 Å². The van der Waals surface area contributed by atoms with Gasteiger partial charge in [0.15, 0.2) is 0 Å². The van der Waals surface area contributed by atoms with Crippen molar-refractivity contribution in [3.63, 3.8) is 0 Å². The first-order valence-electron chi connectivity index (χ1n) is 4.38. The van der Waals surface area contributed by atoms with Crippen LogP contribution in [0.2, 0.25) is 0 Å². The first-order chi connectivity index (χ1) is 6.10. The number of aliphatic hydroxyl groups is 1. The van der Waals surface area contributed by atoms with Crippen molar-refractivity contribution in [2.45, 2.75) is 31.1 Å². The number of rotatable bonds is 1. The zero-order chi connectivity index (χ0) is 9.47. The Morgan fingerprint density at radius 1 is 1.69 bits per heavy atom. The monoisotopic (exact) mass is 215 g/mol. The minimum atomic E-state index is -0.601. The first kappa shape index (κ1) is 9.49. The molecule has 2 unspecified atom stereocenters. The van der Waals surface area contributed by atoms with E-state index < -0.39 is 5.60 Å². The second kappa shape index (κ2) is 3.26. The molecule has 72 valence electrons. The maximum absolute atomic E-state index is 10.3. The molecular formula is C9H13NOS2. The van der Waals surface area contributed by atoms with E-state index >= 15 is 0 Å². The van der Waals surface area contributed by atoms with Crippen LogP contribution < -0.4 is 0 Å². The number of nitrogens with zero attached hydrogens (tertiary/aromatic N) is 1. The molecule has 2 atom stereocenters. The van der Waals surface area contributed by atoms with E-state index in [1.165, 1.54) is 11.5 Å². The Bertz CT molecular complexity index is 312. The molecule has 0 aromatic carbocycles. The Hall–Kier alpha value is -0.0600. The predicted octanol–water partition coefficient (Wildman–Crippen LogP) is 2.16. The zero-order valence-electron chi connectivity index (χ0n) is 7.78. The molecule has 1 aromatic heterocycles. The molecule has 1 fully saturated rings. The Morgan fingerprint density at radius 3 is 2.92 bits per heavy atom. The number of thioether (sulfide) groups is 1. The summed E-state index contributed by atoms with van der Waals surface area (Å²) in [7, 11) is 0. The summed E-state index contributed by atoms with van der Waals surface area (Å²) in [6.07, 6.45) is 0.860. The summed E-state index contributed by atoms with van der Waals surface area (Å²) in [6.45, 7) is 4.13. The summed E-state index contributed by atoms with van der Waals surface area (Å²) in [5.74, 6) is 0.815. The Labute approximate surface area is 86.5 Å². The molecule has 2 rings (SSSR count). The van der Waals surface area contributed by atoms with Gasteiger partial charge in [-0.3, -0.25) is 0 Å². The van der Waals surface area contributed by atoms with Crippen LogP contribution in [0.4, 0.5) is 0 Å². The van der Waals surface area contributed by atoms with Gasteiger partial charge in [0, 0.05) is 11.0 Å². The Morgan fingerprint density at radius 2 is 2.46 bits per heavy atom. The van der Waals surface area contributed by atoms with E-state index in [-0.39, 0.29) is 0 Å². The minimum Gasteiger partial charge on any atom is -0.383 e. The maximum Gasteiger partial charge on any atom is 0.110 e. The average Bonchev–Trinajstić information content (AvgIpc) is 2.60. The molecule has 2 heterocycles. The van der Waals surface area contributed by atoms with Gasteiger partial charge in [0.25, 0.3) is 0 Å². The van der Waals surface area contributed by atoms with Crippen LogP contribution in [-0.2, 0) is 5.60 Å². The van der Waals surface area contributed by atoms with E-state index in [1.807, 2.05) is 24.8 Å². The summed E-state index contributed by atoms with van der Waals surface area (Å²) in [4.78, 5) is 1.03. The summed E-state index contributed by atoms with van der Waals surface area (Å²) in [5.41, 5.74) is 0.411. The van der Waals surface area contributed by atoms with Crippen LogP contribution in [0.3, 0.4) is 0 Å². The van der Waals surface area contributed by atoms with Crippen molar-refractivity contribution in [1.82, 2.24) is 4.37 Å². The van der Waals surface area contributed by atoms with Gasteiger partial charge in [0.2, 0.25) is 0 Å². The normalized spacial score (nSPS) is 33.9. The van der Waals surface area contributed by atoms with Crippen molar-refractivity contribution in [3.05, 3.63) is 16.6 Å². The molecule has 0 spiro atoms. The Balaban J connectivity index is 2.25. The van der Waals surface area contributed by atoms with E-state index in [1.54, 1.807) is 0 Å². The minimum absolute atomic E-state index is 0.562. The fourth-order valence-corrected chi connectivity index (χ4v) is 3.79. The van der Waals surface area contributed by atoms with Gasteiger partial charge < -0.3 is 5.11 Å². The molecule has 1 N–H and O–H groups in total. The van der Waals surface area contributed by atoms with Crippen molar-refractivity contribution in [2.24, 2.45) is 0 Å². The second-order valence-electron chi connectivity index (χ2n) is 3.69. The topological polar surface area (TPSA) is 33.1 Å². The van der Waals surface area contributed by atoms with Gasteiger partial charge in [0.1, 0.15) is 5.60 Å². The lowest BCUT2D eigenvalue weighted by Gasteiger charge is -2.18. The SMILES string of the molecule is Cc1cc(C2(O)CSC(C)C2)sn1. The number of hydrogen-bond acceptors (Lipinski definition) is 4. The van der Waals surface area contributed by atoms with Gasteiger partial charge in [-0.2, -0.15) is 16.1 Å². The van der Waals surface area contributed by atoms with Crippen molar-refractivity contribution in [1.29, 1.82) is 0 Å². The van der Waals surface area contributed by atoms with Crippen LogP contribution in [0.15, 0.2) is 6.07 Å². The smallest absolute Gasteiger partial charge is 0.110 e. The summed E-state index contributed by atoms with van der Waals surface area (Å²) < 4.78 is 4.20. The van der Waals surface area contributed by atoms with Gasteiger partial charge in [-0.05, 0) is 30.9 Å². The number of aromatic nitrogens is 1. The lowest BCUT2D eigenvalue weighted by atomic mass is 9.99. The molecule has 0 radical (unpaired) electrons. The molecule has 0 bridgehead atoms. The van der Waals surface area contributed by atoms with Crippen molar-refractivity contribution < 1.29 is 5.11 Å². The van der Waals surface area contributed by atoms with Crippen LogP contribution in [-0.4, -0.2) is 20.5 Å². The molecule has 0 amide bonds.